The molecule has 9 heteroatoms. The van der Waals surface area contributed by atoms with Gasteiger partial charge < -0.3 is 10.3 Å². The maximum absolute atomic E-state index is 12.8. The van der Waals surface area contributed by atoms with Crippen LogP contribution in [0.5, 0.6) is 0 Å². The van der Waals surface area contributed by atoms with E-state index in [9.17, 15) is 13.2 Å². The number of nitrogens with zero attached hydrogens (tertiary/aromatic N) is 2. The molecule has 4 rings (SSSR count). The quantitative estimate of drug-likeness (QED) is 0.322. The molecule has 0 aliphatic heterocycles. The van der Waals surface area contributed by atoms with Crippen molar-refractivity contribution in [2.75, 3.05) is 5.32 Å². The average molecular weight is 432 g/mol. The number of fused-ring (bicyclic) bond motifs is 1. The molecule has 1 unspecified atom stereocenters. The molecule has 0 saturated carbocycles. The Balaban J connectivity index is 1.49. The highest BCUT2D eigenvalue weighted by Gasteiger charge is 2.32. The molecule has 0 bridgehead atoms. The van der Waals surface area contributed by atoms with Crippen LogP contribution in [-0.4, -0.2) is 15.0 Å². The maximum atomic E-state index is 12.8. The van der Waals surface area contributed by atoms with Crippen molar-refractivity contribution in [2.45, 2.75) is 16.8 Å². The molecule has 1 atom stereocenters. The van der Waals surface area contributed by atoms with E-state index in [1.165, 1.54) is 18.0 Å². The Hall–Kier alpha value is -2.57. The fourth-order valence-electron chi connectivity index (χ4n) is 2.78. The number of benzene rings is 2. The van der Waals surface area contributed by atoms with Gasteiger partial charge in [0, 0.05) is 22.5 Å². The minimum atomic E-state index is -4.45. The van der Waals surface area contributed by atoms with Crippen LogP contribution in [0.25, 0.3) is 11.0 Å². The SMILES string of the molecule is FC(F)(F)c1cc(SCc2nc3cc(Nc4ccccc4P)ccc3[nH]2)ccn1. The molecule has 0 amide bonds. The van der Waals surface area contributed by atoms with E-state index >= 15 is 0 Å². The second-order valence-corrected chi connectivity index (χ2v) is 7.96. The highest BCUT2D eigenvalue weighted by atomic mass is 32.2. The number of anilines is 2. The number of imidazole rings is 1. The fourth-order valence-corrected chi connectivity index (χ4v) is 3.85. The summed E-state index contributed by atoms with van der Waals surface area (Å²) in [6.45, 7) is 0. The summed E-state index contributed by atoms with van der Waals surface area (Å²) in [5.41, 5.74) is 2.66. The zero-order valence-corrected chi connectivity index (χ0v) is 17.0. The van der Waals surface area contributed by atoms with Crippen LogP contribution in [0.15, 0.2) is 65.7 Å². The predicted octanol–water partition coefficient (Wildman–Crippen LogP) is 5.51. The summed E-state index contributed by atoms with van der Waals surface area (Å²) in [5.74, 6) is 1.12. The Labute approximate surface area is 171 Å². The molecule has 0 aliphatic rings. The largest absolute Gasteiger partial charge is 0.433 e. The van der Waals surface area contributed by atoms with Crippen LogP contribution in [0.3, 0.4) is 0 Å². The van der Waals surface area contributed by atoms with E-state index in [-0.39, 0.29) is 0 Å². The number of halogens is 3. The molecule has 0 aliphatic carbocycles. The summed E-state index contributed by atoms with van der Waals surface area (Å²) in [6.07, 6.45) is -3.28. The van der Waals surface area contributed by atoms with Gasteiger partial charge in [-0.2, -0.15) is 13.2 Å². The van der Waals surface area contributed by atoms with Crippen molar-refractivity contribution in [3.05, 3.63) is 72.3 Å². The van der Waals surface area contributed by atoms with Crippen LogP contribution in [0.1, 0.15) is 11.5 Å². The number of rotatable bonds is 5. The van der Waals surface area contributed by atoms with E-state index in [0.29, 0.717) is 16.5 Å². The molecule has 0 radical (unpaired) electrons. The molecule has 0 fully saturated rings. The number of H-pyrrole nitrogens is 1. The van der Waals surface area contributed by atoms with Gasteiger partial charge in [-0.15, -0.1) is 21.0 Å². The Morgan fingerprint density at radius 3 is 2.69 bits per heavy atom. The van der Waals surface area contributed by atoms with E-state index in [1.54, 1.807) is 6.07 Å². The van der Waals surface area contributed by atoms with Crippen molar-refractivity contribution in [1.82, 2.24) is 15.0 Å². The minimum Gasteiger partial charge on any atom is -0.355 e. The first-order valence-electron chi connectivity index (χ1n) is 8.65. The van der Waals surface area contributed by atoms with Gasteiger partial charge in [0.1, 0.15) is 11.5 Å². The lowest BCUT2D eigenvalue weighted by Crippen LogP contribution is -2.07. The summed E-state index contributed by atoms with van der Waals surface area (Å²) in [5, 5.41) is 4.42. The van der Waals surface area contributed by atoms with Gasteiger partial charge in [-0.25, -0.2) is 4.98 Å². The van der Waals surface area contributed by atoms with Gasteiger partial charge in [-0.1, -0.05) is 18.2 Å². The van der Waals surface area contributed by atoms with Crippen LogP contribution in [0, 0.1) is 0 Å². The topological polar surface area (TPSA) is 53.6 Å². The van der Waals surface area contributed by atoms with Gasteiger partial charge in [-0.3, -0.25) is 4.98 Å². The van der Waals surface area contributed by atoms with Crippen molar-refractivity contribution in [1.29, 1.82) is 0 Å². The number of alkyl halides is 3. The zero-order valence-electron chi connectivity index (χ0n) is 15.0. The summed E-state index contributed by atoms with van der Waals surface area (Å²) in [7, 11) is 2.69. The Kier molecular flexibility index (Phi) is 5.48. The van der Waals surface area contributed by atoms with Gasteiger partial charge in [0.15, 0.2) is 0 Å². The molecule has 2 aromatic heterocycles. The molecule has 148 valence electrons. The smallest absolute Gasteiger partial charge is 0.355 e. The molecule has 2 heterocycles. The van der Waals surface area contributed by atoms with Crippen LogP contribution in [-0.2, 0) is 11.9 Å². The van der Waals surface area contributed by atoms with E-state index in [4.69, 9.17) is 0 Å². The zero-order chi connectivity index (χ0) is 20.4. The van der Waals surface area contributed by atoms with E-state index in [0.717, 1.165) is 33.8 Å². The minimum absolute atomic E-state index is 0.424. The molecular weight excluding hydrogens is 416 g/mol. The first-order chi connectivity index (χ1) is 13.9. The third-order valence-electron chi connectivity index (χ3n) is 4.17. The van der Waals surface area contributed by atoms with Gasteiger partial charge in [0.25, 0.3) is 0 Å². The number of hydrogen-bond donors (Lipinski definition) is 2. The van der Waals surface area contributed by atoms with E-state index in [2.05, 4.69) is 29.5 Å². The Morgan fingerprint density at radius 1 is 1.07 bits per heavy atom. The monoisotopic (exact) mass is 432 g/mol. The molecule has 0 saturated heterocycles. The van der Waals surface area contributed by atoms with E-state index < -0.39 is 11.9 Å². The molecule has 2 aromatic carbocycles. The number of thioether (sulfide) groups is 1. The van der Waals surface area contributed by atoms with Gasteiger partial charge in [-0.05, 0) is 41.7 Å². The highest BCUT2D eigenvalue weighted by Crippen LogP contribution is 2.31. The van der Waals surface area contributed by atoms with Crippen molar-refractivity contribution in [2.24, 2.45) is 0 Å². The summed E-state index contributed by atoms with van der Waals surface area (Å²) in [6, 6.07) is 16.3. The lowest BCUT2D eigenvalue weighted by molar-refractivity contribution is -0.141. The van der Waals surface area contributed by atoms with Crippen LogP contribution in [0.2, 0.25) is 0 Å². The maximum Gasteiger partial charge on any atom is 0.433 e. The standard InChI is InChI=1S/C20H16F3N4PS/c21-20(22,23)18-10-13(7-8-24-18)29-11-19-26-14-6-5-12(9-16(14)27-19)25-15-3-1-2-4-17(15)28/h1-10,25H,11,28H2,(H,26,27). The third kappa shape index (κ3) is 4.71. The molecule has 4 nitrogen and oxygen atoms in total. The van der Waals surface area contributed by atoms with Gasteiger partial charge >= 0.3 is 6.18 Å². The van der Waals surface area contributed by atoms with Crippen molar-refractivity contribution in [3.63, 3.8) is 0 Å². The highest BCUT2D eigenvalue weighted by molar-refractivity contribution is 7.98. The summed E-state index contributed by atoms with van der Waals surface area (Å²) >= 11 is 1.28. The number of hydrogen-bond acceptors (Lipinski definition) is 4. The van der Waals surface area contributed by atoms with Crippen LogP contribution >= 0.6 is 21.0 Å². The first kappa shape index (κ1) is 19.7. The second kappa shape index (κ2) is 8.05. The van der Waals surface area contributed by atoms with Crippen molar-refractivity contribution in [3.8, 4) is 0 Å². The molecule has 4 aromatic rings. The molecule has 29 heavy (non-hydrogen) atoms. The van der Waals surface area contributed by atoms with Gasteiger partial charge in [0.05, 0.1) is 16.8 Å². The van der Waals surface area contributed by atoms with Crippen LogP contribution in [0.4, 0.5) is 24.5 Å². The van der Waals surface area contributed by atoms with Crippen molar-refractivity contribution < 1.29 is 13.2 Å². The van der Waals surface area contributed by atoms with Crippen molar-refractivity contribution >= 4 is 48.7 Å². The van der Waals surface area contributed by atoms with Gasteiger partial charge in [0.2, 0.25) is 0 Å². The number of aromatic nitrogens is 3. The number of nitrogens with one attached hydrogen (secondary N) is 2. The molecule has 0 spiro atoms. The van der Waals surface area contributed by atoms with E-state index in [1.807, 2.05) is 42.5 Å². The normalized spacial score (nSPS) is 11.7. The molecular formula is C20H16F3N4PS. The molecule has 2 N–H and O–H groups in total. The summed E-state index contributed by atoms with van der Waals surface area (Å²) in [4.78, 5) is 11.6. The third-order valence-corrected chi connectivity index (χ3v) is 5.68. The fraction of sp³-hybridized carbons (Fsp3) is 0.100. The summed E-state index contributed by atoms with van der Waals surface area (Å²) < 4.78 is 38.4. The number of aromatic amines is 1. The predicted molar refractivity (Wildman–Crippen MR) is 114 cm³/mol. The number of para-hydroxylation sites is 1. The second-order valence-electron chi connectivity index (χ2n) is 6.29. The lowest BCUT2D eigenvalue weighted by Gasteiger charge is -2.08. The average Bonchev–Trinajstić information content (AvgIpc) is 3.10. The first-order valence-corrected chi connectivity index (χ1v) is 10.2. The lowest BCUT2D eigenvalue weighted by atomic mass is 10.2. The van der Waals surface area contributed by atoms with Crippen LogP contribution < -0.4 is 10.6 Å². The number of pyridine rings is 1. The Morgan fingerprint density at radius 2 is 1.90 bits per heavy atom. The Bertz CT molecular complexity index is 1160.